The Labute approximate surface area is 126 Å². The highest BCUT2D eigenvalue weighted by Crippen LogP contribution is 2.15. The lowest BCUT2D eigenvalue weighted by Gasteiger charge is -2.16. The highest BCUT2D eigenvalue weighted by atomic mass is 16.7. The topological polar surface area (TPSA) is 118 Å². The van der Waals surface area contributed by atoms with Crippen LogP contribution in [0, 0.1) is 0 Å². The molecule has 0 saturated carbocycles. The molecule has 2 rings (SSSR count). The van der Waals surface area contributed by atoms with Crippen LogP contribution in [0.4, 0.5) is 10.6 Å². The van der Waals surface area contributed by atoms with Gasteiger partial charge < -0.3 is 24.8 Å². The maximum Gasteiger partial charge on any atom is 0.323 e. The van der Waals surface area contributed by atoms with Crippen LogP contribution in [0.5, 0.6) is 0 Å². The molecule has 1 aromatic rings. The van der Waals surface area contributed by atoms with Crippen molar-refractivity contribution < 1.29 is 19.2 Å². The molecule has 2 amide bonds. The number of carbonyl (C=O) groups excluding carboxylic acids is 3. The van der Waals surface area contributed by atoms with Gasteiger partial charge in [-0.2, -0.15) is 0 Å². The van der Waals surface area contributed by atoms with Crippen LogP contribution in [-0.2, 0) is 16.2 Å². The highest BCUT2D eigenvalue weighted by Gasteiger charge is 2.21. The fourth-order valence-corrected chi connectivity index (χ4v) is 1.87. The number of amidine groups is 1. The first-order valence-electron chi connectivity index (χ1n) is 6.51. The number of hydrogen-bond acceptors (Lipinski definition) is 7. The van der Waals surface area contributed by atoms with Crippen LogP contribution in [0.3, 0.4) is 0 Å². The first-order chi connectivity index (χ1) is 10.6. The molecule has 2 N–H and O–H groups in total. The minimum Gasteiger partial charge on any atom is -0.369 e. The number of imidazole rings is 1. The molecule has 118 valence electrons. The summed E-state index contributed by atoms with van der Waals surface area (Å²) in [5.41, 5.74) is 0.151. The molecule has 0 aromatic carbocycles. The van der Waals surface area contributed by atoms with E-state index in [2.05, 4.69) is 20.8 Å². The van der Waals surface area contributed by atoms with Gasteiger partial charge in [0.25, 0.3) is 0 Å². The number of nitrogens with zero attached hydrogens (tertiary/aromatic N) is 4. The fraction of sp³-hybridized carbons (Fsp3) is 0.417. The molecule has 1 aromatic heterocycles. The van der Waals surface area contributed by atoms with Crippen LogP contribution in [0.25, 0.3) is 0 Å². The molecule has 0 aliphatic carbocycles. The molecule has 10 heteroatoms. The van der Waals surface area contributed by atoms with E-state index in [1.54, 1.807) is 6.92 Å². The van der Waals surface area contributed by atoms with Gasteiger partial charge in [-0.3, -0.25) is 9.69 Å². The molecule has 2 heterocycles. The minimum atomic E-state index is -0.469. The van der Waals surface area contributed by atoms with Gasteiger partial charge in [-0.15, -0.1) is 0 Å². The number of nitrogens with one attached hydrogen (secondary N) is 2. The summed E-state index contributed by atoms with van der Waals surface area (Å²) >= 11 is 0. The van der Waals surface area contributed by atoms with Crippen LogP contribution < -0.4 is 15.5 Å². The number of amides is 2. The molecule has 1 unspecified atom stereocenters. The summed E-state index contributed by atoms with van der Waals surface area (Å²) in [7, 11) is 1.47. The number of rotatable bonds is 6. The van der Waals surface area contributed by atoms with Crippen molar-refractivity contribution in [2.75, 3.05) is 18.5 Å². The van der Waals surface area contributed by atoms with E-state index in [1.165, 1.54) is 22.8 Å². The number of anilines is 1. The van der Waals surface area contributed by atoms with Crippen molar-refractivity contribution in [3.05, 3.63) is 12.0 Å². The maximum absolute atomic E-state index is 12.1. The second-order valence-corrected chi connectivity index (χ2v) is 4.54. The Bertz CT molecular complexity index is 611. The van der Waals surface area contributed by atoms with Crippen molar-refractivity contribution >= 4 is 30.3 Å². The van der Waals surface area contributed by atoms with Crippen molar-refractivity contribution in [2.24, 2.45) is 5.16 Å². The molecule has 1 aliphatic heterocycles. The predicted octanol–water partition coefficient (Wildman–Crippen LogP) is -0.680. The number of aromatic nitrogens is 2. The molecule has 10 nitrogen and oxygen atoms in total. The predicted molar refractivity (Wildman–Crippen MR) is 76.6 cm³/mol. The monoisotopic (exact) mass is 308 g/mol. The lowest BCUT2D eigenvalue weighted by atomic mass is 10.4. The summed E-state index contributed by atoms with van der Waals surface area (Å²) in [6.45, 7) is 1.92. The summed E-state index contributed by atoms with van der Waals surface area (Å²) in [5.74, 6) is 0.664. The molecular formula is C12H16N6O4. The van der Waals surface area contributed by atoms with Crippen LogP contribution in [0.15, 0.2) is 11.5 Å². The molecule has 1 aliphatic rings. The lowest BCUT2D eigenvalue weighted by Crippen LogP contribution is -2.43. The van der Waals surface area contributed by atoms with E-state index in [1.807, 2.05) is 0 Å². The van der Waals surface area contributed by atoms with Gasteiger partial charge in [0.15, 0.2) is 24.2 Å². The van der Waals surface area contributed by atoms with Gasteiger partial charge in [-0.25, -0.2) is 9.78 Å². The lowest BCUT2D eigenvalue weighted by molar-refractivity contribution is -0.108. The summed E-state index contributed by atoms with van der Waals surface area (Å²) < 4.78 is 1.36. The van der Waals surface area contributed by atoms with Crippen LogP contribution >= 0.6 is 0 Å². The third kappa shape index (κ3) is 3.22. The maximum atomic E-state index is 12.1. The second kappa shape index (κ2) is 6.70. The van der Waals surface area contributed by atoms with Gasteiger partial charge in [-0.05, 0) is 6.92 Å². The minimum absolute atomic E-state index is 0.00745. The van der Waals surface area contributed by atoms with Gasteiger partial charge in [0.05, 0.1) is 19.4 Å². The molecule has 1 atom stereocenters. The molecule has 0 radical (unpaired) electrons. The van der Waals surface area contributed by atoms with Gasteiger partial charge in [0.1, 0.15) is 12.0 Å². The Kier molecular flexibility index (Phi) is 4.71. The van der Waals surface area contributed by atoms with Crippen LogP contribution in [0.2, 0.25) is 0 Å². The van der Waals surface area contributed by atoms with E-state index in [0.29, 0.717) is 18.4 Å². The van der Waals surface area contributed by atoms with Crippen molar-refractivity contribution in [1.29, 1.82) is 0 Å². The fourth-order valence-electron chi connectivity index (χ4n) is 1.87. The molecule has 0 bridgehead atoms. The number of carbonyl (C=O) groups is 3. The zero-order valence-corrected chi connectivity index (χ0v) is 12.1. The van der Waals surface area contributed by atoms with Gasteiger partial charge in [0, 0.05) is 7.05 Å². The Morgan fingerprint density at radius 2 is 2.36 bits per heavy atom. The van der Waals surface area contributed by atoms with Gasteiger partial charge >= 0.3 is 6.03 Å². The number of oxime groups is 1. The van der Waals surface area contributed by atoms with Crippen LogP contribution in [0.1, 0.15) is 17.4 Å². The smallest absolute Gasteiger partial charge is 0.323 e. The number of urea groups is 1. The molecule has 0 spiro atoms. The Morgan fingerprint density at radius 3 is 2.95 bits per heavy atom. The van der Waals surface area contributed by atoms with Crippen molar-refractivity contribution in [3.8, 4) is 0 Å². The number of hydrogen-bond donors (Lipinski definition) is 2. The Balaban J connectivity index is 2.01. The molecule has 0 saturated heterocycles. The SMILES string of the molecule is CC1NC(CNC(=O)N(C)c2ncn(CC=O)c2C=O)=NO1. The zero-order chi connectivity index (χ0) is 16.1. The van der Waals surface area contributed by atoms with E-state index in [4.69, 9.17) is 4.84 Å². The van der Waals surface area contributed by atoms with E-state index in [0.717, 1.165) is 0 Å². The normalized spacial score (nSPS) is 16.3. The zero-order valence-electron chi connectivity index (χ0n) is 12.1. The third-order valence-corrected chi connectivity index (χ3v) is 2.96. The average molecular weight is 308 g/mol. The highest BCUT2D eigenvalue weighted by molar-refractivity contribution is 5.97. The van der Waals surface area contributed by atoms with E-state index in [-0.39, 0.29) is 30.8 Å². The largest absolute Gasteiger partial charge is 0.369 e. The molecule has 0 fully saturated rings. The van der Waals surface area contributed by atoms with Crippen molar-refractivity contribution in [1.82, 2.24) is 20.2 Å². The number of aldehydes is 2. The summed E-state index contributed by atoms with van der Waals surface area (Å²) in [6.07, 6.45) is 2.29. The quantitative estimate of drug-likeness (QED) is 0.672. The summed E-state index contributed by atoms with van der Waals surface area (Å²) in [6, 6.07) is -0.469. The van der Waals surface area contributed by atoms with E-state index in [9.17, 15) is 14.4 Å². The average Bonchev–Trinajstić information content (AvgIpc) is 3.10. The van der Waals surface area contributed by atoms with Gasteiger partial charge in [-0.1, -0.05) is 5.16 Å². The summed E-state index contributed by atoms with van der Waals surface area (Å²) in [4.78, 5) is 43.8. The third-order valence-electron chi connectivity index (χ3n) is 2.96. The van der Waals surface area contributed by atoms with Crippen molar-refractivity contribution in [2.45, 2.75) is 19.7 Å². The second-order valence-electron chi connectivity index (χ2n) is 4.54. The standard InChI is InChI=1S/C12H16N6O4/c1-8-15-10(16-22-8)5-13-12(21)17(2)11-9(6-20)18(3-4-19)7-14-11/h4,6-8H,3,5H2,1-2H3,(H,13,21)(H,15,16). The first-order valence-corrected chi connectivity index (χ1v) is 6.51. The first kappa shape index (κ1) is 15.5. The Hall–Kier alpha value is -2.91. The van der Waals surface area contributed by atoms with Crippen LogP contribution in [-0.4, -0.2) is 53.8 Å². The Morgan fingerprint density at radius 1 is 1.59 bits per heavy atom. The van der Waals surface area contributed by atoms with E-state index >= 15 is 0 Å². The molecule has 22 heavy (non-hydrogen) atoms. The summed E-state index contributed by atoms with van der Waals surface area (Å²) in [5, 5.41) is 9.27. The van der Waals surface area contributed by atoms with Gasteiger partial charge in [0.2, 0.25) is 0 Å². The van der Waals surface area contributed by atoms with Crippen molar-refractivity contribution in [3.63, 3.8) is 0 Å². The van der Waals surface area contributed by atoms with E-state index < -0.39 is 6.03 Å². The molecular weight excluding hydrogens is 292 g/mol.